The minimum atomic E-state index is -0.389. The monoisotopic (exact) mass is 318 g/mol. The van der Waals surface area contributed by atoms with Gasteiger partial charge in [0.15, 0.2) is 5.78 Å². The molecule has 0 saturated carbocycles. The SMILES string of the molecule is O=C(CC1Cc2ccccc21)c1ccc(Br)c(F)c1. The highest BCUT2D eigenvalue weighted by molar-refractivity contribution is 9.10. The minimum Gasteiger partial charge on any atom is -0.294 e. The molecular weight excluding hydrogens is 307 g/mol. The summed E-state index contributed by atoms with van der Waals surface area (Å²) in [5, 5.41) is 0. The van der Waals surface area contributed by atoms with Gasteiger partial charge in [0.1, 0.15) is 5.82 Å². The van der Waals surface area contributed by atoms with E-state index in [0.717, 1.165) is 6.42 Å². The minimum absolute atomic E-state index is 0.00547. The van der Waals surface area contributed by atoms with Crippen molar-refractivity contribution in [3.63, 3.8) is 0 Å². The molecule has 0 spiro atoms. The van der Waals surface area contributed by atoms with E-state index in [2.05, 4.69) is 28.1 Å². The highest BCUT2D eigenvalue weighted by Gasteiger charge is 2.27. The zero-order chi connectivity index (χ0) is 13.4. The van der Waals surface area contributed by atoms with Gasteiger partial charge in [-0.1, -0.05) is 30.3 Å². The third kappa shape index (κ3) is 2.35. The van der Waals surface area contributed by atoms with E-state index in [1.807, 2.05) is 12.1 Å². The van der Waals surface area contributed by atoms with Gasteiger partial charge in [-0.05, 0) is 51.5 Å². The highest BCUT2D eigenvalue weighted by Crippen LogP contribution is 2.38. The average Bonchev–Trinajstić information content (AvgIpc) is 2.39. The molecule has 96 valence electrons. The molecule has 0 heterocycles. The lowest BCUT2D eigenvalue weighted by molar-refractivity contribution is 0.0970. The van der Waals surface area contributed by atoms with Crippen molar-refractivity contribution in [2.45, 2.75) is 18.8 Å². The normalized spacial score (nSPS) is 16.6. The van der Waals surface area contributed by atoms with E-state index < -0.39 is 0 Å². The highest BCUT2D eigenvalue weighted by atomic mass is 79.9. The predicted molar refractivity (Wildman–Crippen MR) is 75.9 cm³/mol. The topological polar surface area (TPSA) is 17.1 Å². The van der Waals surface area contributed by atoms with Gasteiger partial charge in [0, 0.05) is 12.0 Å². The molecule has 0 saturated heterocycles. The molecule has 0 aromatic heterocycles. The second-order valence-electron chi connectivity index (χ2n) is 4.86. The molecule has 1 unspecified atom stereocenters. The Morgan fingerprint density at radius 2 is 2.05 bits per heavy atom. The van der Waals surface area contributed by atoms with Crippen LogP contribution < -0.4 is 0 Å². The molecule has 3 rings (SSSR count). The number of fused-ring (bicyclic) bond motifs is 1. The Balaban J connectivity index is 1.75. The van der Waals surface area contributed by atoms with Gasteiger partial charge in [0.2, 0.25) is 0 Å². The number of carbonyl (C=O) groups excluding carboxylic acids is 1. The molecule has 0 bridgehead atoms. The summed E-state index contributed by atoms with van der Waals surface area (Å²) in [6.45, 7) is 0. The van der Waals surface area contributed by atoms with E-state index in [1.165, 1.54) is 17.2 Å². The fraction of sp³-hybridized carbons (Fsp3) is 0.188. The van der Waals surface area contributed by atoms with Crippen molar-refractivity contribution in [3.8, 4) is 0 Å². The van der Waals surface area contributed by atoms with Crippen molar-refractivity contribution < 1.29 is 9.18 Å². The van der Waals surface area contributed by atoms with E-state index in [4.69, 9.17) is 0 Å². The first-order chi connectivity index (χ1) is 9.15. The maximum atomic E-state index is 13.4. The fourth-order valence-corrected chi connectivity index (χ4v) is 2.80. The van der Waals surface area contributed by atoms with Gasteiger partial charge in [-0.25, -0.2) is 4.39 Å². The second kappa shape index (κ2) is 4.89. The first-order valence-corrected chi connectivity index (χ1v) is 7.00. The van der Waals surface area contributed by atoms with Crippen molar-refractivity contribution in [2.24, 2.45) is 0 Å². The molecule has 1 atom stereocenters. The third-order valence-corrected chi connectivity index (χ3v) is 4.28. The molecule has 0 N–H and O–H groups in total. The van der Waals surface area contributed by atoms with E-state index >= 15 is 0 Å². The van der Waals surface area contributed by atoms with Crippen LogP contribution in [0.5, 0.6) is 0 Å². The average molecular weight is 319 g/mol. The van der Waals surface area contributed by atoms with E-state index in [1.54, 1.807) is 12.1 Å². The summed E-state index contributed by atoms with van der Waals surface area (Å²) in [6, 6.07) is 12.7. The van der Waals surface area contributed by atoms with Crippen molar-refractivity contribution in [2.75, 3.05) is 0 Å². The number of hydrogen-bond donors (Lipinski definition) is 0. The molecule has 2 aromatic carbocycles. The first-order valence-electron chi connectivity index (χ1n) is 6.21. The van der Waals surface area contributed by atoms with Gasteiger partial charge < -0.3 is 0 Å². The van der Waals surface area contributed by atoms with Gasteiger partial charge in [-0.2, -0.15) is 0 Å². The number of ketones is 1. The number of Topliss-reactive ketones (excluding diaryl/α,β-unsaturated/α-hetero) is 1. The van der Waals surface area contributed by atoms with Crippen LogP contribution in [0.3, 0.4) is 0 Å². The second-order valence-corrected chi connectivity index (χ2v) is 5.71. The summed E-state index contributed by atoms with van der Waals surface area (Å²) < 4.78 is 13.8. The largest absolute Gasteiger partial charge is 0.294 e. The van der Waals surface area contributed by atoms with Gasteiger partial charge in [0.05, 0.1) is 4.47 Å². The van der Waals surface area contributed by atoms with Crippen LogP contribution in [0.25, 0.3) is 0 Å². The molecular formula is C16H12BrFO. The molecule has 0 amide bonds. The maximum Gasteiger partial charge on any atom is 0.163 e. The third-order valence-electron chi connectivity index (χ3n) is 3.63. The van der Waals surface area contributed by atoms with Crippen LogP contribution in [0.4, 0.5) is 4.39 Å². The Morgan fingerprint density at radius 1 is 1.26 bits per heavy atom. The van der Waals surface area contributed by atoms with Crippen molar-refractivity contribution in [1.82, 2.24) is 0 Å². The quantitative estimate of drug-likeness (QED) is 0.761. The zero-order valence-electron chi connectivity index (χ0n) is 10.2. The predicted octanol–water partition coefficient (Wildman–Crippen LogP) is 4.50. The maximum absolute atomic E-state index is 13.4. The van der Waals surface area contributed by atoms with Crippen LogP contribution >= 0.6 is 15.9 Å². The van der Waals surface area contributed by atoms with Crippen LogP contribution in [0.2, 0.25) is 0 Å². The first kappa shape index (κ1) is 12.5. The Hall–Kier alpha value is -1.48. The lowest BCUT2D eigenvalue weighted by Gasteiger charge is -2.29. The molecule has 0 aliphatic heterocycles. The zero-order valence-corrected chi connectivity index (χ0v) is 11.8. The molecule has 1 aliphatic rings. The molecule has 2 aromatic rings. The van der Waals surface area contributed by atoms with Crippen molar-refractivity contribution >= 4 is 21.7 Å². The van der Waals surface area contributed by atoms with Gasteiger partial charge >= 0.3 is 0 Å². The molecule has 19 heavy (non-hydrogen) atoms. The lowest BCUT2D eigenvalue weighted by atomic mass is 9.74. The Bertz CT molecular complexity index is 651. The number of benzene rings is 2. The summed E-state index contributed by atoms with van der Waals surface area (Å²) in [4.78, 5) is 12.1. The summed E-state index contributed by atoms with van der Waals surface area (Å²) in [5.74, 6) is -0.0961. The van der Waals surface area contributed by atoms with Crippen LogP contribution in [-0.2, 0) is 6.42 Å². The Labute approximate surface area is 119 Å². The van der Waals surface area contributed by atoms with Crippen LogP contribution in [0.1, 0.15) is 33.8 Å². The molecule has 0 radical (unpaired) electrons. The van der Waals surface area contributed by atoms with Crippen LogP contribution in [-0.4, -0.2) is 5.78 Å². The number of halogens is 2. The summed E-state index contributed by atoms with van der Waals surface area (Å²) >= 11 is 3.09. The Morgan fingerprint density at radius 3 is 2.79 bits per heavy atom. The lowest BCUT2D eigenvalue weighted by Crippen LogP contribution is -2.20. The summed E-state index contributed by atoms with van der Waals surface area (Å²) in [7, 11) is 0. The number of carbonyl (C=O) groups is 1. The molecule has 0 fully saturated rings. The van der Waals surface area contributed by atoms with Crippen molar-refractivity contribution in [1.29, 1.82) is 0 Å². The van der Waals surface area contributed by atoms with E-state index in [-0.39, 0.29) is 17.5 Å². The molecule has 1 aliphatic carbocycles. The number of rotatable bonds is 3. The summed E-state index contributed by atoms with van der Waals surface area (Å²) in [5.41, 5.74) is 3.03. The molecule has 3 heteroatoms. The standard InChI is InChI=1S/C16H12BrFO/c17-14-6-5-11(8-15(14)18)16(19)9-12-7-10-3-1-2-4-13(10)12/h1-6,8,12H,7,9H2. The van der Waals surface area contributed by atoms with Crippen LogP contribution in [0, 0.1) is 5.82 Å². The summed E-state index contributed by atoms with van der Waals surface area (Å²) in [6.07, 6.45) is 1.40. The van der Waals surface area contributed by atoms with Gasteiger partial charge in [-0.15, -0.1) is 0 Å². The van der Waals surface area contributed by atoms with E-state index in [0.29, 0.717) is 16.5 Å². The number of hydrogen-bond acceptors (Lipinski definition) is 1. The van der Waals surface area contributed by atoms with Gasteiger partial charge in [-0.3, -0.25) is 4.79 Å². The van der Waals surface area contributed by atoms with Crippen molar-refractivity contribution in [3.05, 3.63) is 69.4 Å². The molecule has 1 nitrogen and oxygen atoms in total. The van der Waals surface area contributed by atoms with Gasteiger partial charge in [0.25, 0.3) is 0 Å². The van der Waals surface area contributed by atoms with Crippen LogP contribution in [0.15, 0.2) is 46.9 Å². The van der Waals surface area contributed by atoms with E-state index in [9.17, 15) is 9.18 Å². The fourth-order valence-electron chi connectivity index (χ4n) is 2.56. The Kier molecular flexibility index (Phi) is 3.23. The smallest absolute Gasteiger partial charge is 0.163 e.